The Morgan fingerprint density at radius 1 is 0.960 bits per heavy atom. The lowest BCUT2D eigenvalue weighted by Crippen LogP contribution is -2.12. The number of halogens is 2. The van der Waals surface area contributed by atoms with E-state index in [4.69, 9.17) is 0 Å². The Hall–Kier alpha value is -3.02. The maximum absolute atomic E-state index is 13.8. The number of nitrogens with one attached hydrogen (secondary N) is 2. The topological polar surface area (TPSA) is 58.2 Å². The van der Waals surface area contributed by atoms with Gasteiger partial charge in [-0.3, -0.25) is 9.59 Å². The van der Waals surface area contributed by atoms with Crippen molar-refractivity contribution in [1.29, 1.82) is 0 Å². The van der Waals surface area contributed by atoms with E-state index in [1.54, 1.807) is 6.08 Å². The molecule has 0 bridgehead atoms. The van der Waals surface area contributed by atoms with E-state index in [2.05, 4.69) is 10.6 Å². The molecule has 0 aromatic heterocycles. The Labute approximate surface area is 144 Å². The minimum absolute atomic E-state index is 0.206. The van der Waals surface area contributed by atoms with Crippen LogP contribution in [0.15, 0.2) is 36.4 Å². The molecule has 130 valence electrons. The van der Waals surface area contributed by atoms with Gasteiger partial charge >= 0.3 is 0 Å². The summed E-state index contributed by atoms with van der Waals surface area (Å²) in [7, 11) is 0. The molecular formula is C19H18F2N2O2. The van der Waals surface area contributed by atoms with Gasteiger partial charge in [-0.05, 0) is 37.1 Å². The fourth-order valence-electron chi connectivity index (χ4n) is 2.28. The molecule has 0 spiro atoms. The molecule has 0 heterocycles. The number of hydrogen-bond donors (Lipinski definition) is 2. The van der Waals surface area contributed by atoms with E-state index in [0.717, 1.165) is 22.8 Å². The molecule has 2 aromatic carbocycles. The molecule has 4 nitrogen and oxygen atoms in total. The fraction of sp³-hybridized carbons (Fsp3) is 0.158. The molecule has 2 amide bonds. The third-order valence-corrected chi connectivity index (χ3v) is 3.46. The van der Waals surface area contributed by atoms with Crippen molar-refractivity contribution in [2.24, 2.45) is 0 Å². The van der Waals surface area contributed by atoms with E-state index in [9.17, 15) is 18.4 Å². The standard InChI is InChI=1S/C19H18F2N2O2/c1-11-4-5-14(12(2)8-11)6-7-19(25)23-18-10-17(22-13(3)24)15(20)9-16(18)21/h4-10H,1-3H3,(H,22,24)(H,23,25)/b7-6+. The highest BCUT2D eigenvalue weighted by Gasteiger charge is 2.12. The van der Waals surface area contributed by atoms with E-state index in [0.29, 0.717) is 6.07 Å². The monoisotopic (exact) mass is 344 g/mol. The molecule has 2 N–H and O–H groups in total. The summed E-state index contributed by atoms with van der Waals surface area (Å²) in [6, 6.07) is 7.42. The number of benzene rings is 2. The smallest absolute Gasteiger partial charge is 0.248 e. The number of anilines is 2. The molecule has 0 saturated carbocycles. The molecule has 0 aliphatic rings. The van der Waals surface area contributed by atoms with Gasteiger partial charge in [0.15, 0.2) is 0 Å². The predicted molar refractivity (Wildman–Crippen MR) is 94.2 cm³/mol. The summed E-state index contributed by atoms with van der Waals surface area (Å²) in [5.74, 6) is -2.92. The van der Waals surface area contributed by atoms with E-state index in [-0.39, 0.29) is 11.4 Å². The average Bonchev–Trinajstić information content (AvgIpc) is 2.50. The first-order valence-corrected chi connectivity index (χ1v) is 7.59. The quantitative estimate of drug-likeness (QED) is 0.817. The third-order valence-electron chi connectivity index (χ3n) is 3.46. The summed E-state index contributed by atoms with van der Waals surface area (Å²) in [4.78, 5) is 23.0. The molecule has 6 heteroatoms. The van der Waals surface area contributed by atoms with Gasteiger partial charge in [0, 0.05) is 19.1 Å². The van der Waals surface area contributed by atoms with Crippen LogP contribution in [0.5, 0.6) is 0 Å². The Balaban J connectivity index is 2.17. The van der Waals surface area contributed by atoms with Crippen LogP contribution in [0.3, 0.4) is 0 Å². The summed E-state index contributed by atoms with van der Waals surface area (Å²) in [5, 5.41) is 4.57. The Bertz CT molecular complexity index is 861. The molecule has 0 atom stereocenters. The summed E-state index contributed by atoms with van der Waals surface area (Å²) < 4.78 is 27.4. The molecule has 0 saturated heterocycles. The lowest BCUT2D eigenvalue weighted by Gasteiger charge is -2.09. The zero-order valence-corrected chi connectivity index (χ0v) is 14.1. The maximum atomic E-state index is 13.8. The maximum Gasteiger partial charge on any atom is 0.248 e. The van der Waals surface area contributed by atoms with Crippen LogP contribution in [0.4, 0.5) is 20.2 Å². The molecular weight excluding hydrogens is 326 g/mol. The van der Waals surface area contributed by atoms with Gasteiger partial charge in [0.25, 0.3) is 0 Å². The van der Waals surface area contributed by atoms with Crippen molar-refractivity contribution in [2.45, 2.75) is 20.8 Å². The highest BCUT2D eigenvalue weighted by Crippen LogP contribution is 2.23. The van der Waals surface area contributed by atoms with Crippen LogP contribution in [0.2, 0.25) is 0 Å². The number of amides is 2. The lowest BCUT2D eigenvalue weighted by atomic mass is 10.1. The number of hydrogen-bond acceptors (Lipinski definition) is 2. The van der Waals surface area contributed by atoms with E-state index in [1.807, 2.05) is 32.0 Å². The largest absolute Gasteiger partial charge is 0.324 e. The van der Waals surface area contributed by atoms with Crippen molar-refractivity contribution >= 4 is 29.3 Å². The second-order valence-electron chi connectivity index (χ2n) is 5.68. The first-order valence-electron chi connectivity index (χ1n) is 7.59. The van der Waals surface area contributed by atoms with Crippen LogP contribution in [0.1, 0.15) is 23.6 Å². The summed E-state index contributed by atoms with van der Waals surface area (Å²) in [6.07, 6.45) is 2.87. The van der Waals surface area contributed by atoms with Gasteiger partial charge in [-0.15, -0.1) is 0 Å². The zero-order valence-electron chi connectivity index (χ0n) is 14.1. The van der Waals surface area contributed by atoms with Crippen LogP contribution in [-0.2, 0) is 9.59 Å². The van der Waals surface area contributed by atoms with Crippen molar-refractivity contribution in [2.75, 3.05) is 10.6 Å². The van der Waals surface area contributed by atoms with Gasteiger partial charge in [0.05, 0.1) is 11.4 Å². The number of carbonyl (C=O) groups is 2. The molecule has 2 aromatic rings. The van der Waals surface area contributed by atoms with Crippen molar-refractivity contribution in [3.05, 3.63) is 64.7 Å². The minimum Gasteiger partial charge on any atom is -0.324 e. The van der Waals surface area contributed by atoms with Gasteiger partial charge in [-0.25, -0.2) is 8.78 Å². The summed E-state index contributed by atoms with van der Waals surface area (Å²) in [6.45, 7) is 5.09. The fourth-order valence-corrected chi connectivity index (χ4v) is 2.28. The molecule has 0 aliphatic heterocycles. The van der Waals surface area contributed by atoms with Crippen molar-refractivity contribution < 1.29 is 18.4 Å². The van der Waals surface area contributed by atoms with Gasteiger partial charge in [0.2, 0.25) is 11.8 Å². The van der Waals surface area contributed by atoms with E-state index in [1.165, 1.54) is 13.0 Å². The molecule has 25 heavy (non-hydrogen) atoms. The summed E-state index contributed by atoms with van der Waals surface area (Å²) in [5.41, 5.74) is 2.55. The normalized spacial score (nSPS) is 10.8. The zero-order chi connectivity index (χ0) is 18.6. The van der Waals surface area contributed by atoms with Crippen molar-refractivity contribution in [1.82, 2.24) is 0 Å². The van der Waals surface area contributed by atoms with Gasteiger partial charge in [-0.2, -0.15) is 0 Å². The van der Waals surface area contributed by atoms with Gasteiger partial charge in [0.1, 0.15) is 11.6 Å². The van der Waals surface area contributed by atoms with Crippen molar-refractivity contribution in [3.8, 4) is 0 Å². The van der Waals surface area contributed by atoms with E-state index < -0.39 is 23.4 Å². The first kappa shape index (κ1) is 18.3. The SMILES string of the molecule is CC(=O)Nc1cc(NC(=O)/C=C/c2ccc(C)cc2C)c(F)cc1F. The second kappa shape index (κ2) is 7.70. The molecule has 0 unspecified atom stereocenters. The lowest BCUT2D eigenvalue weighted by molar-refractivity contribution is -0.114. The molecule has 0 radical (unpaired) electrons. The molecule has 0 fully saturated rings. The van der Waals surface area contributed by atoms with Gasteiger partial charge < -0.3 is 10.6 Å². The first-order chi connectivity index (χ1) is 11.8. The highest BCUT2D eigenvalue weighted by atomic mass is 19.1. The number of rotatable bonds is 4. The Morgan fingerprint density at radius 3 is 2.20 bits per heavy atom. The molecule has 0 aliphatic carbocycles. The van der Waals surface area contributed by atoms with Gasteiger partial charge in [-0.1, -0.05) is 23.8 Å². The number of aryl methyl sites for hydroxylation is 2. The van der Waals surface area contributed by atoms with Crippen LogP contribution in [0, 0.1) is 25.5 Å². The van der Waals surface area contributed by atoms with E-state index >= 15 is 0 Å². The predicted octanol–water partition coefficient (Wildman–Crippen LogP) is 4.19. The molecule has 2 rings (SSSR count). The minimum atomic E-state index is -0.931. The highest BCUT2D eigenvalue weighted by molar-refractivity contribution is 6.02. The average molecular weight is 344 g/mol. The Kier molecular flexibility index (Phi) is 5.64. The third kappa shape index (κ3) is 4.97. The van der Waals surface area contributed by atoms with Crippen LogP contribution in [-0.4, -0.2) is 11.8 Å². The Morgan fingerprint density at radius 2 is 1.60 bits per heavy atom. The van der Waals surface area contributed by atoms with Crippen molar-refractivity contribution in [3.63, 3.8) is 0 Å². The van der Waals surface area contributed by atoms with Crippen LogP contribution < -0.4 is 10.6 Å². The van der Waals surface area contributed by atoms with Crippen LogP contribution >= 0.6 is 0 Å². The number of carbonyl (C=O) groups excluding carboxylic acids is 2. The second-order valence-corrected chi connectivity index (χ2v) is 5.68. The van der Waals surface area contributed by atoms with Crippen LogP contribution in [0.25, 0.3) is 6.08 Å². The summed E-state index contributed by atoms with van der Waals surface area (Å²) >= 11 is 0.